The molecule has 2 aromatic rings. The van der Waals surface area contributed by atoms with Gasteiger partial charge in [0.05, 0.1) is 5.54 Å². The number of nitrogens with zero attached hydrogens (tertiary/aromatic N) is 2. The molecule has 1 aromatic heterocycles. The minimum Gasteiger partial charge on any atom is -0.348 e. The Balaban J connectivity index is 2.31. The smallest absolute Gasteiger partial charge is 0.310 e. The number of rotatable bonds is 5. The standard InChI is InChI=1S/C16H19F5N4O2S/c1-16(2,10-5-7-11(8-6-10)28(17,18,19,20)21)24-14(27)12-9-13(26)23-15(22-12)25(3)4/h5-9H,1-4H3,(H,24,27)(H,22,23,26). The summed E-state index contributed by atoms with van der Waals surface area (Å²) in [5, 5.41) is 2.53. The Bertz CT molecular complexity index is 970. The summed E-state index contributed by atoms with van der Waals surface area (Å²) in [7, 11) is -6.57. The first kappa shape index (κ1) is 21.7. The molecule has 1 amide bonds. The molecule has 0 aliphatic rings. The van der Waals surface area contributed by atoms with E-state index < -0.39 is 32.1 Å². The van der Waals surface area contributed by atoms with Gasteiger partial charge in [-0.2, -0.15) is 0 Å². The zero-order chi connectivity index (χ0) is 21.6. The lowest BCUT2D eigenvalue weighted by molar-refractivity contribution is 0.0906. The van der Waals surface area contributed by atoms with Gasteiger partial charge in [0.25, 0.3) is 11.5 Å². The SMILES string of the molecule is CN(C)c1nc(C(=O)NC(C)(C)c2ccc(S(F)(F)(F)(F)F)cc2)cc(=O)[nH]1. The largest absolute Gasteiger partial charge is 0.348 e. The van der Waals surface area contributed by atoms with Crippen molar-refractivity contribution in [2.75, 3.05) is 19.0 Å². The predicted octanol–water partition coefficient (Wildman–Crippen LogP) is 4.16. The summed E-state index contributed by atoms with van der Waals surface area (Å²) in [5.41, 5.74) is -1.84. The molecule has 6 nitrogen and oxygen atoms in total. The van der Waals surface area contributed by atoms with Gasteiger partial charge in [0.1, 0.15) is 10.6 Å². The van der Waals surface area contributed by atoms with Crippen LogP contribution in [0.5, 0.6) is 0 Å². The van der Waals surface area contributed by atoms with Crippen LogP contribution in [0.1, 0.15) is 29.9 Å². The van der Waals surface area contributed by atoms with Gasteiger partial charge < -0.3 is 10.2 Å². The fraction of sp³-hybridized carbons (Fsp3) is 0.312. The van der Waals surface area contributed by atoms with Crippen molar-refractivity contribution < 1.29 is 24.2 Å². The number of benzene rings is 1. The maximum atomic E-state index is 12.8. The second-order valence-electron chi connectivity index (χ2n) is 6.92. The molecule has 0 aliphatic carbocycles. The number of halogens is 5. The molecule has 0 atom stereocenters. The van der Waals surface area contributed by atoms with E-state index in [0.29, 0.717) is 0 Å². The first-order chi connectivity index (χ1) is 12.4. The normalized spacial score (nSPS) is 14.8. The maximum absolute atomic E-state index is 12.8. The zero-order valence-corrected chi connectivity index (χ0v) is 16.2. The van der Waals surface area contributed by atoms with Crippen molar-refractivity contribution in [2.45, 2.75) is 24.3 Å². The van der Waals surface area contributed by atoms with Gasteiger partial charge in [-0.15, -0.1) is 0 Å². The summed E-state index contributed by atoms with van der Waals surface area (Å²) < 4.78 is 64.2. The Morgan fingerprint density at radius 1 is 1.11 bits per heavy atom. The number of aromatic amines is 1. The van der Waals surface area contributed by atoms with Crippen molar-refractivity contribution in [2.24, 2.45) is 0 Å². The summed E-state index contributed by atoms with van der Waals surface area (Å²) in [5.74, 6) is -0.619. The second kappa shape index (κ2) is 5.93. The highest BCUT2D eigenvalue weighted by Crippen LogP contribution is 3.02. The van der Waals surface area contributed by atoms with Crippen LogP contribution >= 0.6 is 10.2 Å². The van der Waals surface area contributed by atoms with Crippen molar-refractivity contribution in [3.05, 3.63) is 51.9 Å². The number of carbonyl (C=O) groups excluding carboxylic acids is 1. The predicted molar refractivity (Wildman–Crippen MR) is 97.5 cm³/mol. The van der Waals surface area contributed by atoms with Gasteiger partial charge in [-0.05, 0) is 31.5 Å². The zero-order valence-electron chi connectivity index (χ0n) is 15.4. The van der Waals surface area contributed by atoms with Crippen molar-refractivity contribution in [1.82, 2.24) is 15.3 Å². The molecule has 0 unspecified atom stereocenters. The molecule has 12 heteroatoms. The van der Waals surface area contributed by atoms with Gasteiger partial charge in [0.2, 0.25) is 5.95 Å². The molecule has 0 fully saturated rings. The molecule has 0 bridgehead atoms. The lowest BCUT2D eigenvalue weighted by atomic mass is 9.94. The lowest BCUT2D eigenvalue weighted by Crippen LogP contribution is -2.41. The van der Waals surface area contributed by atoms with Crippen LogP contribution in [-0.2, 0) is 5.54 Å². The third kappa shape index (κ3) is 5.00. The quantitative estimate of drug-likeness (QED) is 0.704. The highest BCUT2D eigenvalue weighted by atomic mass is 32.5. The molecule has 28 heavy (non-hydrogen) atoms. The molecule has 0 saturated heterocycles. The highest BCUT2D eigenvalue weighted by molar-refractivity contribution is 8.45. The number of anilines is 1. The third-order valence-electron chi connectivity index (χ3n) is 3.83. The highest BCUT2D eigenvalue weighted by Gasteiger charge is 2.65. The van der Waals surface area contributed by atoms with Crippen LogP contribution in [0.3, 0.4) is 0 Å². The van der Waals surface area contributed by atoms with Gasteiger partial charge in [-0.25, -0.2) is 4.98 Å². The topological polar surface area (TPSA) is 78.1 Å². The van der Waals surface area contributed by atoms with Gasteiger partial charge >= 0.3 is 10.2 Å². The Kier molecular flexibility index (Phi) is 4.59. The van der Waals surface area contributed by atoms with Crippen LogP contribution in [0.2, 0.25) is 0 Å². The van der Waals surface area contributed by atoms with Crippen LogP contribution in [0.4, 0.5) is 25.4 Å². The summed E-state index contributed by atoms with van der Waals surface area (Å²) >= 11 is 0. The lowest BCUT2D eigenvalue weighted by Gasteiger charge is -2.40. The van der Waals surface area contributed by atoms with Crippen LogP contribution in [-0.4, -0.2) is 30.0 Å². The number of aromatic nitrogens is 2. The van der Waals surface area contributed by atoms with E-state index in [9.17, 15) is 29.0 Å². The molecule has 0 saturated carbocycles. The Hall–Kier alpha value is -2.63. The Morgan fingerprint density at radius 3 is 2.11 bits per heavy atom. The van der Waals surface area contributed by atoms with Gasteiger partial charge in [-0.1, -0.05) is 31.6 Å². The van der Waals surface area contributed by atoms with Crippen molar-refractivity contribution in [3.8, 4) is 0 Å². The summed E-state index contributed by atoms with van der Waals surface area (Å²) in [4.78, 5) is 30.0. The molecule has 0 spiro atoms. The molecular weight excluding hydrogens is 407 g/mol. The van der Waals surface area contributed by atoms with E-state index in [1.54, 1.807) is 14.1 Å². The molecule has 0 radical (unpaired) electrons. The number of carbonyl (C=O) groups is 1. The van der Waals surface area contributed by atoms with Crippen LogP contribution in [0, 0.1) is 0 Å². The van der Waals surface area contributed by atoms with Crippen LogP contribution < -0.4 is 15.8 Å². The van der Waals surface area contributed by atoms with E-state index >= 15 is 0 Å². The average molecular weight is 426 g/mol. The second-order valence-corrected chi connectivity index (χ2v) is 9.33. The number of nitrogens with one attached hydrogen (secondary N) is 2. The summed E-state index contributed by atoms with van der Waals surface area (Å²) in [6, 6.07) is 3.25. The van der Waals surface area contributed by atoms with Gasteiger partial charge in [0, 0.05) is 20.2 Å². The minimum absolute atomic E-state index is 0.135. The van der Waals surface area contributed by atoms with E-state index in [1.165, 1.54) is 18.7 Å². The molecule has 1 heterocycles. The van der Waals surface area contributed by atoms with E-state index in [4.69, 9.17) is 0 Å². The monoisotopic (exact) mass is 426 g/mol. The first-order valence-electron chi connectivity index (χ1n) is 7.85. The fourth-order valence-corrected chi connectivity index (χ4v) is 2.97. The summed E-state index contributed by atoms with van der Waals surface area (Å²) in [6.45, 7) is 2.94. The minimum atomic E-state index is -9.77. The number of H-pyrrole nitrogens is 1. The van der Waals surface area contributed by atoms with Crippen LogP contribution in [0.15, 0.2) is 40.0 Å². The maximum Gasteiger partial charge on any atom is 0.310 e. The number of hydrogen-bond acceptors (Lipinski definition) is 4. The first-order valence-corrected chi connectivity index (χ1v) is 9.80. The number of amides is 1. The molecular formula is C16H19F5N4O2S. The molecule has 2 rings (SSSR count). The fourth-order valence-electron chi connectivity index (χ4n) is 2.32. The van der Waals surface area contributed by atoms with Crippen molar-refractivity contribution in [1.29, 1.82) is 0 Å². The summed E-state index contributed by atoms with van der Waals surface area (Å²) in [6.07, 6.45) is 0. The molecule has 156 valence electrons. The van der Waals surface area contributed by atoms with Crippen molar-refractivity contribution >= 4 is 22.1 Å². The van der Waals surface area contributed by atoms with Gasteiger partial charge in [-0.3, -0.25) is 14.6 Å². The Morgan fingerprint density at radius 2 is 1.64 bits per heavy atom. The van der Waals surface area contributed by atoms with Crippen LogP contribution in [0.25, 0.3) is 0 Å². The number of hydrogen-bond donors (Lipinski definition) is 2. The van der Waals surface area contributed by atoms with Crippen molar-refractivity contribution in [3.63, 3.8) is 0 Å². The van der Waals surface area contributed by atoms with E-state index in [1.807, 2.05) is 0 Å². The Labute approximate surface area is 157 Å². The molecule has 0 aliphatic heterocycles. The van der Waals surface area contributed by atoms with Gasteiger partial charge in [0.15, 0.2) is 0 Å². The average Bonchev–Trinajstić information content (AvgIpc) is 2.52. The van der Waals surface area contributed by atoms with E-state index in [2.05, 4.69) is 15.3 Å². The van der Waals surface area contributed by atoms with E-state index in [0.717, 1.165) is 18.2 Å². The molecule has 1 aromatic carbocycles. The molecule has 2 N–H and O–H groups in total. The van der Waals surface area contributed by atoms with E-state index in [-0.39, 0.29) is 29.3 Å². The third-order valence-corrected chi connectivity index (χ3v) is 5.00.